The van der Waals surface area contributed by atoms with Crippen molar-refractivity contribution >= 4 is 16.8 Å². The van der Waals surface area contributed by atoms with E-state index in [0.29, 0.717) is 5.52 Å². The third kappa shape index (κ3) is 1.81. The van der Waals surface area contributed by atoms with Crippen molar-refractivity contribution in [2.75, 3.05) is 0 Å². The molecule has 2 aromatic heterocycles. The Bertz CT molecular complexity index is 783. The largest absolute Gasteiger partial charge is 0.364 e. The highest BCUT2D eigenvalue weighted by molar-refractivity contribution is 5.97. The number of fused-ring (bicyclic) bond motifs is 1. The summed E-state index contributed by atoms with van der Waals surface area (Å²) in [6.07, 6.45) is 1.58. The van der Waals surface area contributed by atoms with Crippen LogP contribution in [-0.4, -0.2) is 26.3 Å². The van der Waals surface area contributed by atoms with Gasteiger partial charge in [0.2, 0.25) is 0 Å². The molecule has 0 aliphatic rings. The number of nitrogens with zero attached hydrogens (tertiary/aromatic N) is 3. The lowest BCUT2D eigenvalue weighted by atomic mass is 10.1. The van der Waals surface area contributed by atoms with Crippen LogP contribution in [-0.2, 0) is 0 Å². The number of H-pyrrole nitrogens is 1. The Morgan fingerprint density at radius 1 is 1.32 bits per heavy atom. The first kappa shape index (κ1) is 11.3. The molecule has 0 unspecified atom stereocenters. The number of benzene rings is 1. The lowest BCUT2D eigenvalue weighted by Gasteiger charge is -2.03. The topological polar surface area (TPSA) is 97.6 Å². The van der Waals surface area contributed by atoms with Crippen LogP contribution in [0.3, 0.4) is 0 Å². The van der Waals surface area contributed by atoms with Crippen molar-refractivity contribution in [1.29, 1.82) is 0 Å². The van der Waals surface area contributed by atoms with Gasteiger partial charge in [-0.1, -0.05) is 6.07 Å². The Labute approximate surface area is 106 Å². The average Bonchev–Trinajstić information content (AvgIpc) is 2.87. The molecular weight excluding hydrogens is 249 g/mol. The SMILES string of the molecule is NC(=O)c1n[nH]nc1-c1cc2cccnc2cc1F. The highest BCUT2D eigenvalue weighted by atomic mass is 19.1. The highest BCUT2D eigenvalue weighted by Crippen LogP contribution is 2.26. The molecule has 0 saturated heterocycles. The van der Waals surface area contributed by atoms with Gasteiger partial charge < -0.3 is 5.73 Å². The van der Waals surface area contributed by atoms with Crippen LogP contribution in [0.4, 0.5) is 4.39 Å². The first-order valence-electron chi connectivity index (χ1n) is 5.42. The fourth-order valence-corrected chi connectivity index (χ4v) is 1.87. The van der Waals surface area contributed by atoms with E-state index in [1.807, 2.05) is 0 Å². The van der Waals surface area contributed by atoms with Crippen LogP contribution in [0.2, 0.25) is 0 Å². The molecule has 0 fully saturated rings. The van der Waals surface area contributed by atoms with Gasteiger partial charge >= 0.3 is 0 Å². The standard InChI is InChI=1S/C12H8FN5O/c13-8-5-9-6(2-1-3-15-9)4-7(8)10-11(12(14)19)17-18-16-10/h1-5H,(H2,14,19)(H,16,17,18). The Balaban J connectivity index is 2.27. The Morgan fingerprint density at radius 3 is 2.95 bits per heavy atom. The number of carbonyl (C=O) groups is 1. The first-order chi connectivity index (χ1) is 9.16. The van der Waals surface area contributed by atoms with E-state index >= 15 is 0 Å². The zero-order valence-corrected chi connectivity index (χ0v) is 9.59. The molecule has 3 aromatic rings. The van der Waals surface area contributed by atoms with E-state index in [2.05, 4.69) is 20.4 Å². The van der Waals surface area contributed by atoms with E-state index in [1.54, 1.807) is 24.4 Å². The van der Waals surface area contributed by atoms with E-state index in [1.165, 1.54) is 6.07 Å². The molecule has 19 heavy (non-hydrogen) atoms. The Morgan fingerprint density at radius 2 is 2.16 bits per heavy atom. The molecule has 3 N–H and O–H groups in total. The zero-order chi connectivity index (χ0) is 13.4. The second kappa shape index (κ2) is 4.13. The monoisotopic (exact) mass is 257 g/mol. The minimum Gasteiger partial charge on any atom is -0.364 e. The van der Waals surface area contributed by atoms with Gasteiger partial charge in [0.1, 0.15) is 11.5 Å². The van der Waals surface area contributed by atoms with Crippen molar-refractivity contribution in [2.45, 2.75) is 0 Å². The van der Waals surface area contributed by atoms with Crippen molar-refractivity contribution in [2.24, 2.45) is 5.73 Å². The van der Waals surface area contributed by atoms with Gasteiger partial charge in [0, 0.05) is 23.2 Å². The van der Waals surface area contributed by atoms with Crippen molar-refractivity contribution in [3.8, 4) is 11.3 Å². The maximum atomic E-state index is 14.1. The Hall–Kier alpha value is -2.83. The molecule has 3 rings (SSSR count). The van der Waals surface area contributed by atoms with Gasteiger partial charge in [0.25, 0.3) is 5.91 Å². The maximum absolute atomic E-state index is 14.1. The number of hydrogen-bond donors (Lipinski definition) is 2. The minimum atomic E-state index is -0.769. The molecule has 0 spiro atoms. The van der Waals surface area contributed by atoms with Crippen molar-refractivity contribution in [3.05, 3.63) is 42.0 Å². The highest BCUT2D eigenvalue weighted by Gasteiger charge is 2.18. The summed E-state index contributed by atoms with van der Waals surface area (Å²) in [5, 5.41) is 10.4. The predicted molar refractivity (Wildman–Crippen MR) is 65.6 cm³/mol. The first-order valence-corrected chi connectivity index (χ1v) is 5.42. The number of pyridine rings is 1. The molecule has 0 aliphatic carbocycles. The van der Waals surface area contributed by atoms with Crippen LogP contribution < -0.4 is 5.73 Å². The number of rotatable bonds is 2. The third-order valence-electron chi connectivity index (χ3n) is 2.73. The third-order valence-corrected chi connectivity index (χ3v) is 2.73. The fraction of sp³-hybridized carbons (Fsp3) is 0. The van der Waals surface area contributed by atoms with E-state index in [0.717, 1.165) is 5.39 Å². The fourth-order valence-electron chi connectivity index (χ4n) is 1.87. The smallest absolute Gasteiger partial charge is 0.271 e. The molecule has 1 aromatic carbocycles. The molecule has 0 atom stereocenters. The van der Waals surface area contributed by atoms with Crippen molar-refractivity contribution < 1.29 is 9.18 Å². The lowest BCUT2D eigenvalue weighted by Crippen LogP contribution is -2.13. The molecule has 0 aliphatic heterocycles. The molecule has 2 heterocycles. The van der Waals surface area contributed by atoms with E-state index in [9.17, 15) is 9.18 Å². The second-order valence-corrected chi connectivity index (χ2v) is 3.91. The molecule has 0 saturated carbocycles. The maximum Gasteiger partial charge on any atom is 0.271 e. The van der Waals surface area contributed by atoms with Crippen LogP contribution in [0.5, 0.6) is 0 Å². The van der Waals surface area contributed by atoms with E-state index < -0.39 is 11.7 Å². The van der Waals surface area contributed by atoms with Crippen LogP contribution in [0.25, 0.3) is 22.2 Å². The summed E-state index contributed by atoms with van der Waals surface area (Å²) in [4.78, 5) is 15.2. The number of nitrogens with two attached hydrogens (primary N) is 1. The van der Waals surface area contributed by atoms with Gasteiger partial charge in [0.15, 0.2) is 5.69 Å². The second-order valence-electron chi connectivity index (χ2n) is 3.91. The summed E-state index contributed by atoms with van der Waals surface area (Å²) in [6.45, 7) is 0. The molecule has 7 heteroatoms. The van der Waals surface area contributed by atoms with Crippen molar-refractivity contribution in [3.63, 3.8) is 0 Å². The minimum absolute atomic E-state index is 0.0933. The summed E-state index contributed by atoms with van der Waals surface area (Å²) in [5.74, 6) is -1.31. The number of aromatic nitrogens is 4. The van der Waals surface area contributed by atoms with Gasteiger partial charge in [-0.2, -0.15) is 15.4 Å². The lowest BCUT2D eigenvalue weighted by molar-refractivity contribution is 0.0996. The summed E-state index contributed by atoms with van der Waals surface area (Å²) in [6, 6.07) is 6.36. The van der Waals surface area contributed by atoms with Gasteiger partial charge in [-0.25, -0.2) is 4.39 Å². The Kier molecular flexibility index (Phi) is 2.45. The molecule has 94 valence electrons. The van der Waals surface area contributed by atoms with E-state index in [4.69, 9.17) is 5.73 Å². The zero-order valence-electron chi connectivity index (χ0n) is 9.59. The van der Waals surface area contributed by atoms with Crippen LogP contribution in [0, 0.1) is 5.82 Å². The molecule has 6 nitrogen and oxygen atoms in total. The summed E-state index contributed by atoms with van der Waals surface area (Å²) in [5.41, 5.74) is 5.84. The number of primary amides is 1. The van der Waals surface area contributed by atoms with Gasteiger partial charge in [-0.3, -0.25) is 9.78 Å². The van der Waals surface area contributed by atoms with Crippen LogP contribution in [0.1, 0.15) is 10.5 Å². The number of nitrogens with one attached hydrogen (secondary N) is 1. The summed E-state index contributed by atoms with van der Waals surface area (Å²) < 4.78 is 14.1. The molecular formula is C12H8FN5O. The number of aromatic amines is 1. The number of carbonyl (C=O) groups excluding carboxylic acids is 1. The van der Waals surface area contributed by atoms with Gasteiger partial charge in [-0.15, -0.1) is 0 Å². The van der Waals surface area contributed by atoms with E-state index in [-0.39, 0.29) is 17.0 Å². The summed E-state index contributed by atoms with van der Waals surface area (Å²) >= 11 is 0. The number of halogens is 1. The quantitative estimate of drug-likeness (QED) is 0.722. The normalized spacial score (nSPS) is 10.8. The van der Waals surface area contributed by atoms with Crippen LogP contribution in [0.15, 0.2) is 30.5 Å². The van der Waals surface area contributed by atoms with Crippen molar-refractivity contribution in [1.82, 2.24) is 20.4 Å². The van der Waals surface area contributed by atoms with Gasteiger partial charge in [-0.05, 0) is 12.1 Å². The number of amides is 1. The summed E-state index contributed by atoms with van der Waals surface area (Å²) in [7, 11) is 0. The number of hydrogen-bond acceptors (Lipinski definition) is 4. The molecule has 0 bridgehead atoms. The average molecular weight is 257 g/mol. The van der Waals surface area contributed by atoms with Gasteiger partial charge in [0.05, 0.1) is 5.52 Å². The predicted octanol–water partition coefficient (Wildman–Crippen LogP) is 1.26. The van der Waals surface area contributed by atoms with Crippen LogP contribution >= 0.6 is 0 Å². The molecule has 1 amide bonds. The molecule has 0 radical (unpaired) electrons.